The van der Waals surface area contributed by atoms with E-state index in [1.54, 1.807) is 0 Å². The summed E-state index contributed by atoms with van der Waals surface area (Å²) in [6.07, 6.45) is 0. The largest absolute Gasteiger partial charge is 0.311 e. The fourth-order valence-electron chi connectivity index (χ4n) is 14.0. The number of benzene rings is 11. The predicted molar refractivity (Wildman–Crippen MR) is 304 cm³/mol. The highest BCUT2D eigenvalue weighted by Crippen LogP contribution is 2.46. The fourth-order valence-corrected chi connectivity index (χ4v) is 14.0. The van der Waals surface area contributed by atoms with Crippen LogP contribution in [0.4, 0.5) is 17.1 Å². The van der Waals surface area contributed by atoms with Crippen molar-refractivity contribution < 1.29 is 0 Å². The molecule has 5 heteroatoms. The maximum Gasteiger partial charge on any atom is 0.252 e. The lowest BCUT2D eigenvalue weighted by molar-refractivity contribution is 0.985. The Kier molecular flexibility index (Phi) is 7.69. The second-order valence-corrected chi connectivity index (χ2v) is 20.3. The molecule has 0 bridgehead atoms. The van der Waals surface area contributed by atoms with Gasteiger partial charge in [-0.1, -0.05) is 200 Å². The molecule has 4 aliphatic heterocycles. The third-order valence-corrected chi connectivity index (χ3v) is 16.8. The summed E-state index contributed by atoms with van der Waals surface area (Å²) >= 11 is 0. The highest BCUT2D eigenvalue weighted by atomic mass is 15.2. The van der Waals surface area contributed by atoms with Gasteiger partial charge >= 0.3 is 0 Å². The van der Waals surface area contributed by atoms with Crippen LogP contribution < -0.4 is 37.7 Å². The summed E-state index contributed by atoms with van der Waals surface area (Å²) < 4.78 is 5.35. The average Bonchev–Trinajstić information content (AvgIpc) is 3.98. The minimum absolute atomic E-state index is 0.0164. The van der Waals surface area contributed by atoms with Crippen molar-refractivity contribution >= 4 is 107 Å². The van der Waals surface area contributed by atoms with E-state index in [2.05, 4.69) is 257 Å². The third kappa shape index (κ3) is 5.02. The van der Waals surface area contributed by atoms with Gasteiger partial charge in [0.2, 0.25) is 6.71 Å². The van der Waals surface area contributed by atoms with Crippen LogP contribution in [0.5, 0.6) is 0 Å². The van der Waals surface area contributed by atoms with Gasteiger partial charge in [0.1, 0.15) is 0 Å². The molecular weight excluding hydrogens is 868 g/mol. The molecule has 72 heavy (non-hydrogen) atoms. The van der Waals surface area contributed by atoms with E-state index < -0.39 is 0 Å². The summed E-state index contributed by atoms with van der Waals surface area (Å²) in [5.74, 6) is 0.101. The Balaban J connectivity index is 1.04. The fraction of sp³-hybridized carbons (Fsp3) is 0.0149. The van der Waals surface area contributed by atoms with Crippen molar-refractivity contribution in [2.45, 2.75) is 5.92 Å². The van der Waals surface area contributed by atoms with Crippen LogP contribution in [0, 0.1) is 0 Å². The molecule has 4 aliphatic rings. The minimum Gasteiger partial charge on any atom is -0.311 e. The molecule has 1 unspecified atom stereocenters. The molecule has 0 spiro atoms. The first-order valence-corrected chi connectivity index (χ1v) is 25.4. The first-order valence-electron chi connectivity index (χ1n) is 25.4. The van der Waals surface area contributed by atoms with Gasteiger partial charge in [0.25, 0.3) is 6.71 Å². The molecule has 2 aromatic heterocycles. The van der Waals surface area contributed by atoms with Crippen molar-refractivity contribution in [1.82, 2.24) is 9.13 Å². The SMILES string of the molecule is c1ccc(-c2ccc3c4ccc5c6c4n(c3c2)-c2cc3c(cc2B6c2ccccc2C5c2ccccc2)-n2c4cc(-c5ccccc5)ccc4c4ccc5c(c42)B3c2ccccc2N5c2ccccc2)cc1. The van der Waals surface area contributed by atoms with Crippen molar-refractivity contribution in [2.24, 2.45) is 0 Å². The summed E-state index contributed by atoms with van der Waals surface area (Å²) in [7, 11) is 0. The second-order valence-electron chi connectivity index (χ2n) is 20.3. The molecule has 0 radical (unpaired) electrons. The van der Waals surface area contributed by atoms with Gasteiger partial charge in [-0.2, -0.15) is 0 Å². The van der Waals surface area contributed by atoms with Gasteiger partial charge in [0, 0.05) is 61.4 Å². The highest BCUT2D eigenvalue weighted by molar-refractivity contribution is 7.01. The lowest BCUT2D eigenvalue weighted by atomic mass is 9.30. The number of hydrogen-bond acceptors (Lipinski definition) is 1. The van der Waals surface area contributed by atoms with Gasteiger partial charge in [0.15, 0.2) is 0 Å². The van der Waals surface area contributed by atoms with Gasteiger partial charge in [-0.25, -0.2) is 0 Å². The summed E-state index contributed by atoms with van der Waals surface area (Å²) in [5, 5.41) is 5.16. The number of nitrogens with zero attached hydrogens (tertiary/aromatic N) is 3. The molecule has 0 saturated carbocycles. The molecule has 1 atom stereocenters. The van der Waals surface area contributed by atoms with E-state index in [9.17, 15) is 0 Å². The van der Waals surface area contributed by atoms with Gasteiger partial charge in [0.05, 0.1) is 16.6 Å². The Morgan fingerprint density at radius 3 is 1.44 bits per heavy atom. The molecular formula is C67H41B2N3. The van der Waals surface area contributed by atoms with E-state index in [1.807, 2.05) is 0 Å². The molecule has 3 nitrogen and oxygen atoms in total. The second kappa shape index (κ2) is 14.3. The Hall–Kier alpha value is -9.05. The monoisotopic (exact) mass is 909 g/mol. The maximum atomic E-state index is 2.68. The van der Waals surface area contributed by atoms with Gasteiger partial charge in [-0.05, 0) is 115 Å². The quantitative estimate of drug-likeness (QED) is 0.160. The van der Waals surface area contributed by atoms with Gasteiger partial charge in [-0.3, -0.25) is 0 Å². The van der Waals surface area contributed by atoms with Crippen LogP contribution in [0.2, 0.25) is 0 Å². The van der Waals surface area contributed by atoms with Crippen LogP contribution in [0.1, 0.15) is 22.6 Å². The van der Waals surface area contributed by atoms with E-state index in [-0.39, 0.29) is 19.3 Å². The van der Waals surface area contributed by atoms with Crippen molar-refractivity contribution in [3.05, 3.63) is 259 Å². The summed E-state index contributed by atoms with van der Waals surface area (Å²) in [4.78, 5) is 2.51. The normalized spacial score (nSPS) is 14.4. The summed E-state index contributed by atoms with van der Waals surface area (Å²) in [6.45, 7) is -0.000639. The van der Waals surface area contributed by atoms with E-state index >= 15 is 0 Å². The molecule has 6 heterocycles. The van der Waals surface area contributed by atoms with Crippen LogP contribution in [-0.4, -0.2) is 22.6 Å². The Morgan fingerprint density at radius 1 is 0.306 bits per heavy atom. The number of aromatic nitrogens is 2. The number of para-hydroxylation sites is 2. The van der Waals surface area contributed by atoms with Crippen molar-refractivity contribution in [3.63, 3.8) is 0 Å². The van der Waals surface area contributed by atoms with E-state index in [0.717, 1.165) is 5.69 Å². The first-order chi connectivity index (χ1) is 35.8. The van der Waals surface area contributed by atoms with Crippen LogP contribution >= 0.6 is 0 Å². The first kappa shape index (κ1) is 38.8. The summed E-state index contributed by atoms with van der Waals surface area (Å²) in [5.41, 5.74) is 28.4. The standard InChI is InChI=1S/C67H41B2N3/c1-5-17-41(18-6-1)44-29-31-47-49-33-34-52-63(43-21-9-3-10-22-43)51-25-13-14-26-53(51)68-55-39-62-56(40-61(55)71(59(47)37-44)66(49)64(52)68)69-54-27-15-16-28-57(54)70(46-23-11-4-12-24-46)58-36-35-50-48-32-30-45(42-19-7-2-8-20-42)38-60(48)72(62)67(50)65(58)69/h1-40,63H. The Bertz CT molecular complexity index is 4170. The molecule has 0 amide bonds. The van der Waals surface area contributed by atoms with Crippen LogP contribution in [0.15, 0.2) is 243 Å². The number of rotatable bonds is 4. The lowest BCUT2D eigenvalue weighted by Gasteiger charge is -2.41. The smallest absolute Gasteiger partial charge is 0.252 e. The van der Waals surface area contributed by atoms with E-state index in [1.165, 1.54) is 138 Å². The van der Waals surface area contributed by atoms with Crippen molar-refractivity contribution in [1.29, 1.82) is 0 Å². The zero-order chi connectivity index (χ0) is 46.8. The molecule has 0 saturated heterocycles. The van der Waals surface area contributed by atoms with Crippen molar-refractivity contribution in [3.8, 4) is 33.6 Å². The molecule has 0 N–H and O–H groups in total. The average molecular weight is 910 g/mol. The van der Waals surface area contributed by atoms with Gasteiger partial charge < -0.3 is 14.0 Å². The van der Waals surface area contributed by atoms with Gasteiger partial charge in [-0.15, -0.1) is 0 Å². The zero-order valence-corrected chi connectivity index (χ0v) is 39.2. The Morgan fingerprint density at radius 2 is 0.806 bits per heavy atom. The predicted octanol–water partition coefficient (Wildman–Crippen LogP) is 12.2. The molecule has 13 aromatic rings. The molecule has 17 rings (SSSR count). The van der Waals surface area contributed by atoms with Crippen molar-refractivity contribution in [2.75, 3.05) is 4.90 Å². The minimum atomic E-state index is -0.0170. The summed E-state index contributed by atoms with van der Waals surface area (Å²) in [6, 6.07) is 91.8. The van der Waals surface area contributed by atoms with Crippen LogP contribution in [0.25, 0.3) is 77.2 Å². The number of fused-ring (bicyclic) bond motifs is 16. The van der Waals surface area contributed by atoms with E-state index in [4.69, 9.17) is 0 Å². The third-order valence-electron chi connectivity index (χ3n) is 16.8. The lowest BCUT2D eigenvalue weighted by Crippen LogP contribution is -2.63. The van der Waals surface area contributed by atoms with Crippen LogP contribution in [0.3, 0.4) is 0 Å². The molecule has 11 aromatic carbocycles. The molecule has 0 fully saturated rings. The topological polar surface area (TPSA) is 13.1 Å². The van der Waals surface area contributed by atoms with E-state index in [0.29, 0.717) is 0 Å². The maximum absolute atomic E-state index is 2.68. The number of anilines is 3. The Labute approximate surface area is 417 Å². The molecule has 0 aliphatic carbocycles. The van der Waals surface area contributed by atoms with Crippen LogP contribution in [-0.2, 0) is 0 Å². The number of hydrogen-bond donors (Lipinski definition) is 0. The zero-order valence-electron chi connectivity index (χ0n) is 39.2. The molecule has 330 valence electrons. The highest BCUT2D eigenvalue weighted by Gasteiger charge is 2.46.